The van der Waals surface area contributed by atoms with Crippen LogP contribution in [0.5, 0.6) is 5.75 Å². The Kier molecular flexibility index (Phi) is 14.7. The summed E-state index contributed by atoms with van der Waals surface area (Å²) in [5, 5.41) is 11.3. The van der Waals surface area contributed by atoms with Crippen LogP contribution in [0.1, 0.15) is 94.1 Å². The van der Waals surface area contributed by atoms with Gasteiger partial charge in [0.1, 0.15) is 11.4 Å². The summed E-state index contributed by atoms with van der Waals surface area (Å²) in [6.07, 6.45) is 0.356. The van der Waals surface area contributed by atoms with Crippen molar-refractivity contribution in [1.29, 1.82) is 0 Å². The van der Waals surface area contributed by atoms with Crippen LogP contribution in [0.25, 0.3) is 0 Å². The molecule has 1 aromatic carbocycles. The zero-order valence-electron chi connectivity index (χ0n) is 30.1. The lowest BCUT2D eigenvalue weighted by molar-refractivity contribution is -0.163. The first-order valence-electron chi connectivity index (χ1n) is 15.9. The summed E-state index contributed by atoms with van der Waals surface area (Å²) in [6.45, 7) is 30.7. The third kappa shape index (κ3) is 13.7. The minimum Gasteiger partial charge on any atom is -0.497 e. The van der Waals surface area contributed by atoms with E-state index >= 15 is 0 Å². The number of carbonyl (C=O) groups is 1. The molecular formula is C34H64O7Si2. The maximum atomic E-state index is 12.8. The molecule has 0 aliphatic heterocycles. The number of aliphatic hydroxyl groups excluding tert-OH is 1. The molecule has 7 nitrogen and oxygen atoms in total. The van der Waals surface area contributed by atoms with E-state index in [2.05, 4.69) is 67.7 Å². The molecule has 0 fully saturated rings. The minimum atomic E-state index is -2.20. The van der Waals surface area contributed by atoms with Gasteiger partial charge in [-0.15, -0.1) is 0 Å². The van der Waals surface area contributed by atoms with Gasteiger partial charge in [0, 0.05) is 18.8 Å². The predicted octanol–water partition coefficient (Wildman–Crippen LogP) is 8.50. The van der Waals surface area contributed by atoms with E-state index in [1.165, 1.54) is 0 Å². The fourth-order valence-corrected chi connectivity index (χ4v) is 6.83. The molecule has 0 bridgehead atoms. The summed E-state index contributed by atoms with van der Waals surface area (Å²) in [4.78, 5) is 12.8. The van der Waals surface area contributed by atoms with Gasteiger partial charge in [0.15, 0.2) is 16.6 Å². The van der Waals surface area contributed by atoms with Gasteiger partial charge in [-0.05, 0) is 101 Å². The lowest BCUT2D eigenvalue weighted by Gasteiger charge is -2.43. The van der Waals surface area contributed by atoms with Crippen molar-refractivity contribution in [2.24, 2.45) is 5.92 Å². The van der Waals surface area contributed by atoms with E-state index in [1.54, 1.807) is 14.0 Å². The third-order valence-corrected chi connectivity index (χ3v) is 18.0. The molecule has 0 aliphatic carbocycles. The number of rotatable bonds is 16. The van der Waals surface area contributed by atoms with E-state index in [0.717, 1.165) is 11.3 Å². The number of esters is 1. The average Bonchev–Trinajstić information content (AvgIpc) is 2.83. The highest BCUT2D eigenvalue weighted by Crippen LogP contribution is 2.41. The van der Waals surface area contributed by atoms with Crippen molar-refractivity contribution in [2.75, 3.05) is 13.7 Å². The first-order chi connectivity index (χ1) is 19.4. The van der Waals surface area contributed by atoms with Gasteiger partial charge in [-0.1, -0.05) is 53.7 Å². The monoisotopic (exact) mass is 640 g/mol. The second-order valence-electron chi connectivity index (χ2n) is 16.1. The summed E-state index contributed by atoms with van der Waals surface area (Å²) >= 11 is 0. The van der Waals surface area contributed by atoms with Crippen LogP contribution in [0.2, 0.25) is 36.3 Å². The standard InChI is InChI=1S/C34H64O7Si2/c1-25(31(36)39-32(2,3)4)30(35)23-29(41-43(14,15)34(8,9)10)22-28(40-42(12,13)33(5,6)7)20-21-38-24-26-16-18-27(37-11)19-17-26/h16-19,25,28-30,35H,20-24H2,1-15H3/t25-,28+,29-,30-/m1/s1. The number of hydrogen-bond acceptors (Lipinski definition) is 7. The topological polar surface area (TPSA) is 83.5 Å². The summed E-state index contributed by atoms with van der Waals surface area (Å²) in [7, 11) is -2.66. The Balaban J connectivity index is 3.19. The van der Waals surface area contributed by atoms with Crippen LogP contribution in [0, 0.1) is 5.92 Å². The number of carbonyl (C=O) groups excluding carboxylic acids is 1. The lowest BCUT2D eigenvalue weighted by atomic mass is 9.96. The van der Waals surface area contributed by atoms with Crippen molar-refractivity contribution < 1.29 is 33.0 Å². The van der Waals surface area contributed by atoms with Crippen LogP contribution < -0.4 is 4.74 Å². The maximum absolute atomic E-state index is 12.8. The Morgan fingerprint density at radius 1 is 0.814 bits per heavy atom. The van der Waals surface area contributed by atoms with Gasteiger partial charge >= 0.3 is 5.97 Å². The molecule has 1 rings (SSSR count). The average molecular weight is 641 g/mol. The molecule has 9 heteroatoms. The molecule has 1 aromatic rings. The number of methoxy groups -OCH3 is 1. The first-order valence-corrected chi connectivity index (χ1v) is 21.7. The van der Waals surface area contributed by atoms with Crippen LogP contribution in [-0.4, -0.2) is 65.3 Å². The molecule has 0 aromatic heterocycles. The summed E-state index contributed by atoms with van der Waals surface area (Å²) in [5.41, 5.74) is 0.469. The molecule has 43 heavy (non-hydrogen) atoms. The summed E-state index contributed by atoms with van der Waals surface area (Å²) in [6, 6.07) is 7.90. The Hall–Kier alpha value is -1.24. The number of ether oxygens (including phenoxy) is 3. The van der Waals surface area contributed by atoms with Gasteiger partial charge < -0.3 is 28.2 Å². The quantitative estimate of drug-likeness (QED) is 0.110. The molecule has 1 N–H and O–H groups in total. The summed E-state index contributed by atoms with van der Waals surface area (Å²) < 4.78 is 30.9. The molecule has 0 spiro atoms. The van der Waals surface area contributed by atoms with Crippen molar-refractivity contribution in [3.05, 3.63) is 29.8 Å². The smallest absolute Gasteiger partial charge is 0.311 e. The Morgan fingerprint density at radius 2 is 1.30 bits per heavy atom. The molecule has 0 amide bonds. The zero-order chi connectivity index (χ0) is 33.4. The maximum Gasteiger partial charge on any atom is 0.311 e. The first kappa shape index (κ1) is 39.8. The van der Waals surface area contributed by atoms with Gasteiger partial charge in [-0.25, -0.2) is 0 Å². The number of benzene rings is 1. The molecule has 4 atom stereocenters. The largest absolute Gasteiger partial charge is 0.497 e. The Morgan fingerprint density at radius 3 is 1.74 bits per heavy atom. The highest BCUT2D eigenvalue weighted by atomic mass is 28.4. The fourth-order valence-electron chi connectivity index (χ4n) is 4.05. The molecular weight excluding hydrogens is 577 g/mol. The fraction of sp³-hybridized carbons (Fsp3) is 0.794. The lowest BCUT2D eigenvalue weighted by Crippen LogP contribution is -2.48. The van der Waals surface area contributed by atoms with Crippen molar-refractivity contribution in [3.63, 3.8) is 0 Å². The second-order valence-corrected chi connectivity index (χ2v) is 25.6. The normalized spacial score (nSPS) is 16.4. The molecule has 0 unspecified atom stereocenters. The van der Waals surface area contributed by atoms with Gasteiger partial charge in [0.05, 0.1) is 25.7 Å². The second kappa shape index (κ2) is 15.9. The minimum absolute atomic E-state index is 0.00968. The van der Waals surface area contributed by atoms with E-state index in [4.69, 9.17) is 23.1 Å². The SMILES string of the molecule is COc1ccc(COCC[C@@H](C[C@H](C[C@@H](O)[C@@H](C)C(=O)OC(C)(C)C)O[Si](C)(C)C(C)(C)C)O[Si](C)(C)C(C)(C)C)cc1. The third-order valence-electron chi connectivity index (χ3n) is 8.93. The van der Waals surface area contributed by atoms with Crippen LogP contribution >= 0.6 is 0 Å². The van der Waals surface area contributed by atoms with E-state index in [0.29, 0.717) is 32.5 Å². The van der Waals surface area contributed by atoms with Crippen LogP contribution in [0.15, 0.2) is 24.3 Å². The summed E-state index contributed by atoms with van der Waals surface area (Å²) in [5.74, 6) is -0.244. The van der Waals surface area contributed by atoms with Crippen molar-refractivity contribution in [2.45, 2.75) is 155 Å². The van der Waals surface area contributed by atoms with E-state index in [-0.39, 0.29) is 22.3 Å². The van der Waals surface area contributed by atoms with Crippen LogP contribution in [-0.2, 0) is 29.7 Å². The molecule has 0 heterocycles. The van der Waals surface area contributed by atoms with Gasteiger partial charge in [-0.3, -0.25) is 4.79 Å². The Bertz CT molecular complexity index is 972. The highest BCUT2D eigenvalue weighted by Gasteiger charge is 2.43. The molecule has 0 radical (unpaired) electrons. The van der Waals surface area contributed by atoms with Crippen molar-refractivity contribution in [3.8, 4) is 5.75 Å². The number of hydrogen-bond donors (Lipinski definition) is 1. The Labute approximate surface area is 265 Å². The predicted molar refractivity (Wildman–Crippen MR) is 182 cm³/mol. The molecule has 0 saturated carbocycles. The number of aliphatic hydroxyl groups is 1. The van der Waals surface area contributed by atoms with Crippen molar-refractivity contribution >= 4 is 22.6 Å². The van der Waals surface area contributed by atoms with Crippen LogP contribution in [0.4, 0.5) is 0 Å². The molecule has 0 aliphatic rings. The van der Waals surface area contributed by atoms with Crippen LogP contribution in [0.3, 0.4) is 0 Å². The van der Waals surface area contributed by atoms with Gasteiger partial charge in [-0.2, -0.15) is 0 Å². The van der Waals surface area contributed by atoms with E-state index in [9.17, 15) is 9.90 Å². The van der Waals surface area contributed by atoms with Crippen molar-refractivity contribution in [1.82, 2.24) is 0 Å². The van der Waals surface area contributed by atoms with E-state index in [1.807, 2.05) is 45.0 Å². The highest BCUT2D eigenvalue weighted by molar-refractivity contribution is 6.74. The van der Waals surface area contributed by atoms with Gasteiger partial charge in [0.25, 0.3) is 0 Å². The van der Waals surface area contributed by atoms with Gasteiger partial charge in [0.2, 0.25) is 0 Å². The zero-order valence-corrected chi connectivity index (χ0v) is 32.1. The molecule has 250 valence electrons. The van der Waals surface area contributed by atoms with E-state index < -0.39 is 40.2 Å². The molecule has 0 saturated heterocycles.